The Bertz CT molecular complexity index is 1460. The van der Waals surface area contributed by atoms with Crippen molar-refractivity contribution in [1.82, 2.24) is 24.6 Å². The number of aromatic nitrogens is 5. The lowest BCUT2D eigenvalue weighted by Gasteiger charge is -2.20. The third-order valence-corrected chi connectivity index (χ3v) is 5.10. The number of aliphatic hydroxyl groups is 1. The van der Waals surface area contributed by atoms with Crippen LogP contribution >= 0.6 is 0 Å². The molecule has 0 radical (unpaired) electrons. The largest absolute Gasteiger partial charge is 0.459 e. The molecule has 0 saturated heterocycles. The Kier molecular flexibility index (Phi) is 4.64. The van der Waals surface area contributed by atoms with Crippen LogP contribution in [0.1, 0.15) is 11.3 Å². The standard InChI is InChI=1S/C21H12F5N5O2/c22-20(23,21(24,25)26)16-7-14(12-3-1-11(9-32)2-4-12)13-5-6-17-28-15(19-30-27-10-33-19)8-31(17)18(13)29-16/h1-8,10,32H,9H2. The van der Waals surface area contributed by atoms with E-state index < -0.39 is 17.8 Å². The minimum Gasteiger partial charge on any atom is -0.422 e. The van der Waals surface area contributed by atoms with E-state index in [9.17, 15) is 27.1 Å². The summed E-state index contributed by atoms with van der Waals surface area (Å²) in [5, 5.41) is 16.8. The summed E-state index contributed by atoms with van der Waals surface area (Å²) in [6.07, 6.45) is -3.40. The number of nitrogens with zero attached hydrogens (tertiary/aromatic N) is 5. The van der Waals surface area contributed by atoms with Crippen LogP contribution in [-0.2, 0) is 12.5 Å². The first-order valence-electron chi connectivity index (χ1n) is 9.43. The van der Waals surface area contributed by atoms with Gasteiger partial charge in [-0.1, -0.05) is 24.3 Å². The lowest BCUT2D eigenvalue weighted by Crippen LogP contribution is -2.34. The van der Waals surface area contributed by atoms with Crippen molar-refractivity contribution in [2.45, 2.75) is 18.7 Å². The molecule has 5 rings (SSSR count). The maximum atomic E-state index is 14.4. The Morgan fingerprint density at radius 3 is 2.36 bits per heavy atom. The molecule has 0 spiro atoms. The summed E-state index contributed by atoms with van der Waals surface area (Å²) in [5.41, 5.74) is -0.147. The van der Waals surface area contributed by atoms with Crippen molar-refractivity contribution in [3.63, 3.8) is 0 Å². The number of hydrogen-bond acceptors (Lipinski definition) is 6. The van der Waals surface area contributed by atoms with Gasteiger partial charge in [-0.3, -0.25) is 4.40 Å². The van der Waals surface area contributed by atoms with E-state index in [4.69, 9.17) is 4.42 Å². The van der Waals surface area contributed by atoms with Crippen LogP contribution in [0.25, 0.3) is 39.4 Å². The predicted octanol–water partition coefficient (Wildman–Crippen LogP) is 4.75. The van der Waals surface area contributed by atoms with Crippen molar-refractivity contribution < 1.29 is 31.5 Å². The average Bonchev–Trinajstić information content (AvgIpc) is 3.47. The number of imidazole rings is 1. The van der Waals surface area contributed by atoms with E-state index >= 15 is 0 Å². The summed E-state index contributed by atoms with van der Waals surface area (Å²) in [6, 6.07) is 9.98. The van der Waals surface area contributed by atoms with E-state index in [0.717, 1.165) is 12.5 Å². The molecule has 1 aromatic carbocycles. The van der Waals surface area contributed by atoms with Crippen LogP contribution in [-0.4, -0.2) is 35.8 Å². The topological polar surface area (TPSA) is 89.3 Å². The molecule has 0 aliphatic rings. The molecule has 33 heavy (non-hydrogen) atoms. The SMILES string of the molecule is OCc1ccc(-c2cc(C(F)(F)C(F)(F)F)nc3c2ccc2nc(-c4nnco4)cn23)cc1. The molecular weight excluding hydrogens is 449 g/mol. The van der Waals surface area contributed by atoms with E-state index in [2.05, 4.69) is 20.2 Å². The summed E-state index contributed by atoms with van der Waals surface area (Å²) >= 11 is 0. The molecule has 4 aromatic heterocycles. The molecule has 7 nitrogen and oxygen atoms in total. The Labute approximate surface area is 181 Å². The van der Waals surface area contributed by atoms with Crippen molar-refractivity contribution in [3.05, 3.63) is 66.3 Å². The number of aliphatic hydroxyl groups excluding tert-OH is 1. The molecule has 1 N–H and O–H groups in total. The maximum Gasteiger partial charge on any atom is 0.459 e. The second kappa shape index (κ2) is 7.30. The van der Waals surface area contributed by atoms with Crippen molar-refractivity contribution in [2.75, 3.05) is 0 Å². The quantitative estimate of drug-likeness (QED) is 0.389. The lowest BCUT2D eigenvalue weighted by atomic mass is 9.99. The highest BCUT2D eigenvalue weighted by atomic mass is 19.4. The van der Waals surface area contributed by atoms with E-state index in [1.54, 1.807) is 18.2 Å². The van der Waals surface area contributed by atoms with Gasteiger partial charge >= 0.3 is 12.1 Å². The molecule has 0 aliphatic carbocycles. The van der Waals surface area contributed by atoms with E-state index in [1.165, 1.54) is 28.8 Å². The summed E-state index contributed by atoms with van der Waals surface area (Å²) in [5.74, 6) is -5.15. The smallest absolute Gasteiger partial charge is 0.422 e. The van der Waals surface area contributed by atoms with E-state index in [0.29, 0.717) is 16.5 Å². The van der Waals surface area contributed by atoms with Crippen LogP contribution in [0.5, 0.6) is 0 Å². The molecule has 5 aromatic rings. The van der Waals surface area contributed by atoms with Crippen LogP contribution in [0.3, 0.4) is 0 Å². The predicted molar refractivity (Wildman–Crippen MR) is 105 cm³/mol. The summed E-state index contributed by atoms with van der Waals surface area (Å²) in [6.45, 7) is -0.247. The summed E-state index contributed by atoms with van der Waals surface area (Å²) in [4.78, 5) is 7.96. The fraction of sp³-hybridized carbons (Fsp3) is 0.143. The minimum absolute atomic E-state index is 0.0449. The molecule has 4 heterocycles. The van der Waals surface area contributed by atoms with Crippen LogP contribution in [0, 0.1) is 0 Å². The molecule has 0 aliphatic heterocycles. The second-order valence-electron chi connectivity index (χ2n) is 7.15. The molecule has 0 unspecified atom stereocenters. The number of benzene rings is 1. The zero-order valence-electron chi connectivity index (χ0n) is 16.4. The van der Waals surface area contributed by atoms with E-state index in [-0.39, 0.29) is 35.0 Å². The number of pyridine rings is 2. The van der Waals surface area contributed by atoms with Crippen molar-refractivity contribution >= 4 is 16.7 Å². The van der Waals surface area contributed by atoms with Crippen molar-refractivity contribution in [2.24, 2.45) is 0 Å². The van der Waals surface area contributed by atoms with Gasteiger partial charge < -0.3 is 9.52 Å². The van der Waals surface area contributed by atoms with Gasteiger partial charge in [0.05, 0.1) is 6.61 Å². The fourth-order valence-corrected chi connectivity index (χ4v) is 3.45. The Morgan fingerprint density at radius 2 is 1.73 bits per heavy atom. The first-order valence-corrected chi connectivity index (χ1v) is 9.43. The fourth-order valence-electron chi connectivity index (χ4n) is 3.45. The number of alkyl halides is 5. The molecule has 0 amide bonds. The minimum atomic E-state index is -5.84. The molecular formula is C21H12F5N5O2. The Balaban J connectivity index is 1.83. The third-order valence-electron chi connectivity index (χ3n) is 5.10. The van der Waals surface area contributed by atoms with Gasteiger partial charge in [-0.25, -0.2) is 9.97 Å². The second-order valence-corrected chi connectivity index (χ2v) is 7.15. The molecule has 168 valence electrons. The van der Waals surface area contributed by atoms with Gasteiger partial charge in [-0.2, -0.15) is 22.0 Å². The summed E-state index contributed by atoms with van der Waals surface area (Å²) in [7, 11) is 0. The number of fused-ring (bicyclic) bond motifs is 3. The molecule has 0 fully saturated rings. The van der Waals surface area contributed by atoms with Crippen molar-refractivity contribution in [1.29, 1.82) is 0 Å². The van der Waals surface area contributed by atoms with Crippen LogP contribution < -0.4 is 0 Å². The van der Waals surface area contributed by atoms with Crippen molar-refractivity contribution in [3.8, 4) is 22.7 Å². The number of halogens is 5. The van der Waals surface area contributed by atoms with Gasteiger partial charge in [0, 0.05) is 11.6 Å². The molecule has 0 bridgehead atoms. The van der Waals surface area contributed by atoms with Gasteiger partial charge in [0.15, 0.2) is 0 Å². The van der Waals surface area contributed by atoms with Gasteiger partial charge in [0.1, 0.15) is 22.7 Å². The molecule has 12 heteroatoms. The Morgan fingerprint density at radius 1 is 0.970 bits per heavy atom. The monoisotopic (exact) mass is 461 g/mol. The highest BCUT2D eigenvalue weighted by Gasteiger charge is 2.60. The Hall–Kier alpha value is -3.93. The zero-order valence-corrected chi connectivity index (χ0v) is 16.4. The number of hydrogen-bond donors (Lipinski definition) is 1. The van der Waals surface area contributed by atoms with Gasteiger partial charge in [0.25, 0.3) is 5.89 Å². The summed E-state index contributed by atoms with van der Waals surface area (Å²) < 4.78 is 74.7. The van der Waals surface area contributed by atoms with Gasteiger partial charge in [-0.15, -0.1) is 10.2 Å². The first kappa shape index (κ1) is 20.9. The highest BCUT2D eigenvalue weighted by Crippen LogP contribution is 2.45. The normalized spacial score (nSPS) is 12.7. The molecule has 0 saturated carbocycles. The van der Waals surface area contributed by atoms with Gasteiger partial charge in [0.2, 0.25) is 6.39 Å². The number of rotatable bonds is 4. The van der Waals surface area contributed by atoms with Crippen LogP contribution in [0.4, 0.5) is 22.0 Å². The van der Waals surface area contributed by atoms with Crippen LogP contribution in [0.2, 0.25) is 0 Å². The highest BCUT2D eigenvalue weighted by molar-refractivity contribution is 5.94. The first-order chi connectivity index (χ1) is 15.7. The van der Waals surface area contributed by atoms with E-state index in [1.807, 2.05) is 0 Å². The lowest BCUT2D eigenvalue weighted by molar-refractivity contribution is -0.290. The van der Waals surface area contributed by atoms with Gasteiger partial charge in [-0.05, 0) is 34.9 Å². The van der Waals surface area contributed by atoms with Crippen LogP contribution in [0.15, 0.2) is 59.5 Å². The third kappa shape index (κ3) is 3.39. The average molecular weight is 461 g/mol. The maximum absolute atomic E-state index is 14.4. The molecule has 0 atom stereocenters. The zero-order chi connectivity index (χ0) is 23.4.